The van der Waals surface area contributed by atoms with Crippen LogP contribution in [0.1, 0.15) is 0 Å². The third-order valence-corrected chi connectivity index (χ3v) is 2.66. The summed E-state index contributed by atoms with van der Waals surface area (Å²) < 4.78 is 13.7. The maximum atomic E-state index is 13.7. The second-order valence-corrected chi connectivity index (χ2v) is 4.14. The molecule has 0 amide bonds. The first-order valence-corrected chi connectivity index (χ1v) is 5.27. The van der Waals surface area contributed by atoms with Gasteiger partial charge in [0.1, 0.15) is 11.6 Å². The monoisotopic (exact) mass is 256 g/mol. The van der Waals surface area contributed by atoms with E-state index in [2.05, 4.69) is 0 Å². The van der Waals surface area contributed by atoms with Gasteiger partial charge in [-0.2, -0.15) is 0 Å². The molecule has 0 fully saturated rings. The summed E-state index contributed by atoms with van der Waals surface area (Å²) in [4.78, 5) is 0. The third kappa shape index (κ3) is 2.13. The van der Waals surface area contributed by atoms with Gasteiger partial charge in [-0.25, -0.2) is 4.39 Å². The molecular weight excluding hydrogens is 250 g/mol. The Bertz CT molecular complexity index is 541. The summed E-state index contributed by atoms with van der Waals surface area (Å²) >= 11 is 11.4. The summed E-state index contributed by atoms with van der Waals surface area (Å²) in [6.45, 7) is 0. The molecule has 16 heavy (non-hydrogen) atoms. The van der Waals surface area contributed by atoms with Crippen molar-refractivity contribution in [1.82, 2.24) is 0 Å². The van der Waals surface area contributed by atoms with Crippen molar-refractivity contribution < 1.29 is 9.50 Å². The highest BCUT2D eigenvalue weighted by Crippen LogP contribution is 2.32. The minimum absolute atomic E-state index is 0.0821. The van der Waals surface area contributed by atoms with Crippen LogP contribution in [-0.4, -0.2) is 5.11 Å². The van der Waals surface area contributed by atoms with Gasteiger partial charge >= 0.3 is 0 Å². The van der Waals surface area contributed by atoms with Crippen molar-refractivity contribution in [3.05, 3.63) is 52.3 Å². The van der Waals surface area contributed by atoms with Crippen LogP contribution < -0.4 is 0 Å². The van der Waals surface area contributed by atoms with Crippen LogP contribution in [0.2, 0.25) is 10.0 Å². The third-order valence-electron chi connectivity index (χ3n) is 2.15. The zero-order chi connectivity index (χ0) is 11.7. The zero-order valence-electron chi connectivity index (χ0n) is 8.05. The molecule has 1 N–H and O–H groups in total. The second kappa shape index (κ2) is 4.32. The van der Waals surface area contributed by atoms with Crippen LogP contribution in [0.25, 0.3) is 11.1 Å². The van der Waals surface area contributed by atoms with Gasteiger partial charge in [-0.3, -0.25) is 0 Å². The normalized spacial score (nSPS) is 10.4. The Morgan fingerprint density at radius 2 is 1.81 bits per heavy atom. The van der Waals surface area contributed by atoms with Gasteiger partial charge in [0.25, 0.3) is 0 Å². The van der Waals surface area contributed by atoms with E-state index in [9.17, 15) is 9.50 Å². The fourth-order valence-electron chi connectivity index (χ4n) is 1.44. The van der Waals surface area contributed by atoms with Crippen molar-refractivity contribution in [3.63, 3.8) is 0 Å². The second-order valence-electron chi connectivity index (χ2n) is 3.30. The molecule has 0 bridgehead atoms. The number of halogens is 3. The number of phenolic OH excluding ortho intramolecular Hbond substituents is 1. The maximum absolute atomic E-state index is 13.7. The van der Waals surface area contributed by atoms with Crippen molar-refractivity contribution in [2.75, 3.05) is 0 Å². The minimum atomic E-state index is -0.568. The molecule has 2 aromatic carbocycles. The molecule has 0 radical (unpaired) electrons. The standard InChI is InChI=1S/C12H7Cl2FO/c13-8-3-1-2-7(4-8)10-5-9(16)6-11(14)12(10)15/h1-6,16H. The molecule has 0 atom stereocenters. The number of hydrogen-bond donors (Lipinski definition) is 1. The number of benzene rings is 2. The summed E-state index contributed by atoms with van der Waals surface area (Å²) in [7, 11) is 0. The van der Waals surface area contributed by atoms with E-state index in [-0.39, 0.29) is 16.3 Å². The summed E-state index contributed by atoms with van der Waals surface area (Å²) in [5.41, 5.74) is 0.801. The Kier molecular flexibility index (Phi) is 3.03. The molecule has 0 heterocycles. The Labute approximate surface area is 102 Å². The first kappa shape index (κ1) is 11.2. The van der Waals surface area contributed by atoms with E-state index in [0.29, 0.717) is 10.6 Å². The molecule has 0 unspecified atom stereocenters. The van der Waals surface area contributed by atoms with Crippen LogP contribution in [0.4, 0.5) is 4.39 Å². The topological polar surface area (TPSA) is 20.2 Å². The van der Waals surface area contributed by atoms with Gasteiger partial charge in [0.2, 0.25) is 0 Å². The Morgan fingerprint density at radius 3 is 2.50 bits per heavy atom. The van der Waals surface area contributed by atoms with E-state index in [1.165, 1.54) is 6.07 Å². The highest BCUT2D eigenvalue weighted by molar-refractivity contribution is 6.31. The summed E-state index contributed by atoms with van der Waals surface area (Å²) in [5, 5.41) is 9.75. The van der Waals surface area contributed by atoms with Crippen molar-refractivity contribution in [1.29, 1.82) is 0 Å². The van der Waals surface area contributed by atoms with Gasteiger partial charge in [0.05, 0.1) is 5.02 Å². The zero-order valence-corrected chi connectivity index (χ0v) is 9.56. The van der Waals surface area contributed by atoms with Gasteiger partial charge in [0.15, 0.2) is 0 Å². The molecule has 0 spiro atoms. The van der Waals surface area contributed by atoms with Crippen LogP contribution in [0.15, 0.2) is 36.4 Å². The molecule has 0 aromatic heterocycles. The van der Waals surface area contributed by atoms with Crippen LogP contribution >= 0.6 is 23.2 Å². The molecule has 0 aliphatic carbocycles. The van der Waals surface area contributed by atoms with E-state index < -0.39 is 5.82 Å². The van der Waals surface area contributed by atoms with E-state index in [1.54, 1.807) is 24.3 Å². The largest absolute Gasteiger partial charge is 0.508 e. The van der Waals surface area contributed by atoms with Gasteiger partial charge in [-0.15, -0.1) is 0 Å². The summed E-state index contributed by atoms with van der Waals surface area (Å²) in [6.07, 6.45) is 0. The predicted octanol–water partition coefficient (Wildman–Crippen LogP) is 4.51. The highest BCUT2D eigenvalue weighted by Gasteiger charge is 2.11. The van der Waals surface area contributed by atoms with Gasteiger partial charge < -0.3 is 5.11 Å². The maximum Gasteiger partial charge on any atom is 0.149 e. The van der Waals surface area contributed by atoms with E-state index in [0.717, 1.165) is 6.07 Å². The van der Waals surface area contributed by atoms with Crippen molar-refractivity contribution in [2.24, 2.45) is 0 Å². The Hall–Kier alpha value is -1.25. The predicted molar refractivity (Wildman–Crippen MR) is 63.5 cm³/mol. The average molecular weight is 257 g/mol. The number of rotatable bonds is 1. The van der Waals surface area contributed by atoms with E-state index >= 15 is 0 Å². The first-order chi connectivity index (χ1) is 7.58. The lowest BCUT2D eigenvalue weighted by atomic mass is 10.0. The van der Waals surface area contributed by atoms with Crippen molar-refractivity contribution >= 4 is 23.2 Å². The molecule has 2 aromatic rings. The molecule has 0 saturated carbocycles. The fourth-order valence-corrected chi connectivity index (χ4v) is 1.84. The van der Waals surface area contributed by atoms with Gasteiger partial charge in [-0.05, 0) is 23.8 Å². The molecule has 0 aliphatic rings. The molecule has 0 saturated heterocycles. The quantitative estimate of drug-likeness (QED) is 0.797. The lowest BCUT2D eigenvalue weighted by Gasteiger charge is -2.06. The fraction of sp³-hybridized carbons (Fsp3) is 0. The molecule has 1 nitrogen and oxygen atoms in total. The Balaban J connectivity index is 2.64. The average Bonchev–Trinajstić information content (AvgIpc) is 2.23. The van der Waals surface area contributed by atoms with Crippen LogP contribution in [0, 0.1) is 5.82 Å². The summed E-state index contributed by atoms with van der Waals surface area (Å²) in [6, 6.07) is 9.16. The minimum Gasteiger partial charge on any atom is -0.508 e. The van der Waals surface area contributed by atoms with Crippen molar-refractivity contribution in [2.45, 2.75) is 0 Å². The Morgan fingerprint density at radius 1 is 1.06 bits per heavy atom. The van der Waals surface area contributed by atoms with Crippen LogP contribution in [0.5, 0.6) is 5.75 Å². The first-order valence-electron chi connectivity index (χ1n) is 4.52. The highest BCUT2D eigenvalue weighted by atomic mass is 35.5. The van der Waals surface area contributed by atoms with Crippen LogP contribution in [-0.2, 0) is 0 Å². The lowest BCUT2D eigenvalue weighted by molar-refractivity contribution is 0.473. The molecule has 4 heteroatoms. The van der Waals surface area contributed by atoms with E-state index in [1.807, 2.05) is 0 Å². The van der Waals surface area contributed by atoms with Crippen LogP contribution in [0.3, 0.4) is 0 Å². The lowest BCUT2D eigenvalue weighted by Crippen LogP contribution is -1.86. The SMILES string of the molecule is Oc1cc(Cl)c(F)c(-c2cccc(Cl)c2)c1. The molecular formula is C12H7Cl2FO. The smallest absolute Gasteiger partial charge is 0.149 e. The number of phenols is 1. The van der Waals surface area contributed by atoms with Gasteiger partial charge in [0, 0.05) is 16.7 Å². The number of aromatic hydroxyl groups is 1. The molecule has 82 valence electrons. The van der Waals surface area contributed by atoms with Gasteiger partial charge in [-0.1, -0.05) is 35.3 Å². The number of hydrogen-bond acceptors (Lipinski definition) is 1. The van der Waals surface area contributed by atoms with Crippen molar-refractivity contribution in [3.8, 4) is 16.9 Å². The van der Waals surface area contributed by atoms with E-state index in [4.69, 9.17) is 23.2 Å². The molecule has 2 rings (SSSR count). The molecule has 0 aliphatic heterocycles. The summed E-state index contributed by atoms with van der Waals surface area (Å²) in [5.74, 6) is -0.650.